The fraction of sp³-hybridized carbons (Fsp3) is 0.200. The first-order valence-corrected chi connectivity index (χ1v) is 10.9. The third-order valence-electron chi connectivity index (χ3n) is 5.24. The van der Waals surface area contributed by atoms with Gasteiger partial charge < -0.3 is 21.1 Å². The second-order valence-corrected chi connectivity index (χ2v) is 7.87. The van der Waals surface area contributed by atoms with Crippen molar-refractivity contribution in [3.05, 3.63) is 89.4 Å². The Bertz CT molecular complexity index is 1230. The van der Waals surface area contributed by atoms with E-state index in [1.165, 1.54) is 30.5 Å². The topological polar surface area (TPSA) is 119 Å². The number of nitrogens with zero attached hydrogens (tertiary/aromatic N) is 2. The number of ether oxygens (including phenoxy) is 1. The van der Waals surface area contributed by atoms with Crippen LogP contribution in [0.1, 0.15) is 27.0 Å². The Morgan fingerprint density at radius 2 is 1.92 bits per heavy atom. The van der Waals surface area contributed by atoms with Crippen LogP contribution >= 0.6 is 0 Å². The van der Waals surface area contributed by atoms with Gasteiger partial charge in [-0.25, -0.2) is 5.84 Å². The monoisotopic (exact) mass is 500 g/mol. The predicted molar refractivity (Wildman–Crippen MR) is 134 cm³/mol. The molecule has 0 unspecified atom stereocenters. The van der Waals surface area contributed by atoms with Crippen molar-refractivity contribution in [2.24, 2.45) is 11.6 Å². The van der Waals surface area contributed by atoms with E-state index in [0.29, 0.717) is 35.8 Å². The van der Waals surface area contributed by atoms with E-state index in [0.717, 1.165) is 17.7 Å². The number of methoxy groups -OCH3 is 1. The molecule has 0 aliphatic heterocycles. The SMILES string of the molecule is COCCNc1ccc(C(F)(F)F)cc1NC(=O)c1ccc(C)c(N(N)/C=C(\N)c2cccnc2)c1. The van der Waals surface area contributed by atoms with Gasteiger partial charge in [-0.05, 0) is 55.0 Å². The van der Waals surface area contributed by atoms with E-state index in [2.05, 4.69) is 15.6 Å². The number of rotatable bonds is 9. The van der Waals surface area contributed by atoms with Gasteiger partial charge in [0.05, 0.1) is 34.9 Å². The van der Waals surface area contributed by atoms with Crippen molar-refractivity contribution in [1.29, 1.82) is 0 Å². The molecule has 0 bridgehead atoms. The quantitative estimate of drug-likeness (QED) is 0.196. The smallest absolute Gasteiger partial charge is 0.397 e. The Hall–Kier alpha value is -4.09. The van der Waals surface area contributed by atoms with E-state index in [1.54, 1.807) is 43.6 Å². The summed E-state index contributed by atoms with van der Waals surface area (Å²) in [6.45, 7) is 2.47. The van der Waals surface area contributed by atoms with E-state index < -0.39 is 17.6 Å². The minimum absolute atomic E-state index is 0.0154. The van der Waals surface area contributed by atoms with Gasteiger partial charge in [-0.15, -0.1) is 0 Å². The molecule has 190 valence electrons. The molecule has 1 amide bonds. The van der Waals surface area contributed by atoms with Crippen molar-refractivity contribution in [3.63, 3.8) is 0 Å². The molecular formula is C25H27F3N6O2. The maximum Gasteiger partial charge on any atom is 0.416 e. The molecule has 3 aromatic rings. The summed E-state index contributed by atoms with van der Waals surface area (Å²) in [5.74, 6) is 5.59. The number of hydrogen-bond donors (Lipinski definition) is 4. The molecule has 0 fully saturated rings. The molecule has 8 nitrogen and oxygen atoms in total. The van der Waals surface area contributed by atoms with Crippen LogP contribution in [0.5, 0.6) is 0 Å². The lowest BCUT2D eigenvalue weighted by molar-refractivity contribution is -0.137. The zero-order valence-corrected chi connectivity index (χ0v) is 19.8. The highest BCUT2D eigenvalue weighted by Crippen LogP contribution is 2.34. The number of amides is 1. The maximum absolute atomic E-state index is 13.3. The third-order valence-corrected chi connectivity index (χ3v) is 5.24. The van der Waals surface area contributed by atoms with Crippen molar-refractivity contribution < 1.29 is 22.7 Å². The summed E-state index contributed by atoms with van der Waals surface area (Å²) in [5.41, 5.74) is 7.99. The largest absolute Gasteiger partial charge is 0.416 e. The fourth-order valence-corrected chi connectivity index (χ4v) is 3.32. The maximum atomic E-state index is 13.3. The summed E-state index contributed by atoms with van der Waals surface area (Å²) < 4.78 is 44.8. The standard InChI is InChI=1S/C25H27F3N6O2/c1-16-5-6-17(12-23(16)34(30)15-20(29)18-4-3-9-31-14-18)24(35)33-22-13-19(25(26,27)28)7-8-21(22)32-10-11-36-2/h3-9,12-15,32H,10-11,29-30H2,1-2H3,(H,33,35)/b20-15-. The molecule has 0 aliphatic rings. The van der Waals surface area contributed by atoms with Gasteiger partial charge >= 0.3 is 6.18 Å². The highest BCUT2D eigenvalue weighted by atomic mass is 19.4. The van der Waals surface area contributed by atoms with E-state index in [4.69, 9.17) is 16.3 Å². The lowest BCUT2D eigenvalue weighted by Crippen LogP contribution is -2.27. The number of halogens is 3. The average Bonchev–Trinajstić information content (AvgIpc) is 2.85. The lowest BCUT2D eigenvalue weighted by atomic mass is 10.1. The highest BCUT2D eigenvalue weighted by molar-refractivity contribution is 6.06. The van der Waals surface area contributed by atoms with Crippen LogP contribution in [-0.2, 0) is 10.9 Å². The third kappa shape index (κ3) is 6.74. The van der Waals surface area contributed by atoms with Crippen LogP contribution in [0.25, 0.3) is 5.70 Å². The van der Waals surface area contributed by atoms with E-state index in [-0.39, 0.29) is 11.3 Å². The molecular weight excluding hydrogens is 473 g/mol. The number of nitrogens with two attached hydrogens (primary N) is 2. The molecule has 0 aliphatic carbocycles. The second kappa shape index (κ2) is 11.6. The molecule has 0 saturated heterocycles. The molecule has 1 aromatic heterocycles. The molecule has 0 saturated carbocycles. The van der Waals surface area contributed by atoms with Crippen molar-refractivity contribution in [1.82, 2.24) is 4.98 Å². The minimum atomic E-state index is -4.57. The van der Waals surface area contributed by atoms with E-state index >= 15 is 0 Å². The zero-order valence-electron chi connectivity index (χ0n) is 19.8. The molecule has 11 heteroatoms. The Labute approximate surface area is 206 Å². The number of aryl methyl sites for hydroxylation is 1. The molecule has 3 rings (SSSR count). The fourth-order valence-electron chi connectivity index (χ4n) is 3.32. The second-order valence-electron chi connectivity index (χ2n) is 7.87. The number of aromatic nitrogens is 1. The first kappa shape index (κ1) is 26.5. The van der Waals surface area contributed by atoms with Crippen LogP contribution in [0.2, 0.25) is 0 Å². The molecule has 36 heavy (non-hydrogen) atoms. The summed E-state index contributed by atoms with van der Waals surface area (Å²) in [6, 6.07) is 11.4. The number of alkyl halides is 3. The van der Waals surface area contributed by atoms with Crippen LogP contribution < -0.4 is 27.2 Å². The summed E-state index contributed by atoms with van der Waals surface area (Å²) >= 11 is 0. The number of pyridine rings is 1. The minimum Gasteiger partial charge on any atom is -0.397 e. The van der Waals surface area contributed by atoms with Crippen LogP contribution in [0.4, 0.5) is 30.2 Å². The number of carbonyl (C=O) groups is 1. The van der Waals surface area contributed by atoms with Crippen molar-refractivity contribution in [3.8, 4) is 0 Å². The molecule has 2 aromatic carbocycles. The first-order chi connectivity index (χ1) is 17.1. The highest BCUT2D eigenvalue weighted by Gasteiger charge is 2.31. The molecule has 6 N–H and O–H groups in total. The number of benzene rings is 2. The number of hydrogen-bond acceptors (Lipinski definition) is 7. The molecule has 0 atom stereocenters. The van der Waals surface area contributed by atoms with Gasteiger partial charge in [-0.2, -0.15) is 13.2 Å². The van der Waals surface area contributed by atoms with Crippen molar-refractivity contribution >= 4 is 28.7 Å². The normalized spacial score (nSPS) is 11.8. The number of hydrazine groups is 1. The van der Waals surface area contributed by atoms with Gasteiger partial charge in [0.1, 0.15) is 0 Å². The Morgan fingerprint density at radius 3 is 2.58 bits per heavy atom. The number of anilines is 3. The van der Waals surface area contributed by atoms with Crippen LogP contribution in [0, 0.1) is 6.92 Å². The van der Waals surface area contributed by atoms with Crippen molar-refractivity contribution in [2.75, 3.05) is 35.9 Å². The van der Waals surface area contributed by atoms with Crippen molar-refractivity contribution in [2.45, 2.75) is 13.1 Å². The molecule has 0 radical (unpaired) electrons. The van der Waals surface area contributed by atoms with Gasteiger partial charge in [-0.3, -0.25) is 14.8 Å². The summed E-state index contributed by atoms with van der Waals surface area (Å²) in [4.78, 5) is 17.1. The van der Waals surface area contributed by atoms with Gasteiger partial charge in [0.25, 0.3) is 5.91 Å². The lowest BCUT2D eigenvalue weighted by Gasteiger charge is -2.19. The van der Waals surface area contributed by atoms with Gasteiger partial charge in [0, 0.05) is 43.4 Å². The van der Waals surface area contributed by atoms with Gasteiger partial charge in [0.15, 0.2) is 0 Å². The summed E-state index contributed by atoms with van der Waals surface area (Å²) in [5, 5.41) is 6.81. The Morgan fingerprint density at radius 1 is 1.14 bits per heavy atom. The number of nitrogens with one attached hydrogen (secondary N) is 2. The van der Waals surface area contributed by atoms with Crippen LogP contribution in [-0.4, -0.2) is 31.2 Å². The molecule has 1 heterocycles. The zero-order chi connectivity index (χ0) is 26.3. The van der Waals surface area contributed by atoms with Gasteiger partial charge in [0.2, 0.25) is 0 Å². The van der Waals surface area contributed by atoms with Gasteiger partial charge in [-0.1, -0.05) is 6.07 Å². The average molecular weight is 501 g/mol. The van der Waals surface area contributed by atoms with Crippen LogP contribution in [0.3, 0.4) is 0 Å². The van der Waals surface area contributed by atoms with Crippen LogP contribution in [0.15, 0.2) is 67.1 Å². The predicted octanol–water partition coefficient (Wildman–Crippen LogP) is 4.36. The Kier molecular flexibility index (Phi) is 8.51. The Balaban J connectivity index is 1.88. The van der Waals surface area contributed by atoms with E-state index in [9.17, 15) is 18.0 Å². The summed E-state index contributed by atoms with van der Waals surface area (Å²) in [7, 11) is 1.51. The first-order valence-electron chi connectivity index (χ1n) is 10.9. The van der Waals surface area contributed by atoms with E-state index in [1.807, 2.05) is 0 Å². The number of carbonyl (C=O) groups excluding carboxylic acids is 1. The summed E-state index contributed by atoms with van der Waals surface area (Å²) in [6.07, 6.45) is 0.129. The molecule has 0 spiro atoms.